The van der Waals surface area contributed by atoms with Gasteiger partial charge >= 0.3 is 12.1 Å². The topological polar surface area (TPSA) is 130 Å². The summed E-state index contributed by atoms with van der Waals surface area (Å²) in [4.78, 5) is 53.5. The number of aromatic nitrogens is 1. The predicted molar refractivity (Wildman–Crippen MR) is 133 cm³/mol. The van der Waals surface area contributed by atoms with Crippen LogP contribution in [-0.4, -0.2) is 46.7 Å². The fourth-order valence-electron chi connectivity index (χ4n) is 3.59. The fraction of sp³-hybridized carbons (Fsp3) is 0.192. The van der Waals surface area contributed by atoms with Crippen LogP contribution in [0.4, 0.5) is 25.5 Å². The van der Waals surface area contributed by atoms with Gasteiger partial charge in [0.1, 0.15) is 17.4 Å². The van der Waals surface area contributed by atoms with Gasteiger partial charge in [0.15, 0.2) is 11.6 Å². The van der Waals surface area contributed by atoms with Crippen LogP contribution in [0.3, 0.4) is 0 Å². The highest BCUT2D eigenvalue weighted by atomic mass is 19.1. The second-order valence-corrected chi connectivity index (χ2v) is 8.24. The van der Waals surface area contributed by atoms with Gasteiger partial charge in [-0.15, -0.1) is 0 Å². The number of carbonyl (C=O) groups excluding carboxylic acids is 4. The maximum atomic E-state index is 14.6. The van der Waals surface area contributed by atoms with Crippen LogP contribution in [0, 0.1) is 5.82 Å². The molecule has 0 unspecified atom stereocenters. The lowest BCUT2D eigenvalue weighted by molar-refractivity contribution is -0.121. The van der Waals surface area contributed by atoms with Crippen molar-refractivity contribution < 1.29 is 28.3 Å². The number of Topliss-reactive ketones (excluding diaryl/α,β-unsaturated/α-hetero) is 1. The molecule has 3 N–H and O–H groups in total. The van der Waals surface area contributed by atoms with Crippen molar-refractivity contribution in [2.45, 2.75) is 19.3 Å². The number of benzene rings is 2. The number of ether oxygens (including phenoxy) is 1. The highest BCUT2D eigenvalue weighted by Gasteiger charge is 2.21. The molecule has 1 aliphatic rings. The lowest BCUT2D eigenvalue weighted by Gasteiger charge is -2.25. The normalized spacial score (nSPS) is 13.0. The Morgan fingerprint density at radius 3 is 2.46 bits per heavy atom. The van der Waals surface area contributed by atoms with E-state index in [2.05, 4.69) is 20.9 Å². The molecule has 0 bridgehead atoms. The van der Waals surface area contributed by atoms with E-state index in [1.807, 2.05) is 6.07 Å². The van der Waals surface area contributed by atoms with Crippen LogP contribution in [0.15, 0.2) is 66.9 Å². The number of amides is 5. The molecule has 1 aliphatic heterocycles. The van der Waals surface area contributed by atoms with E-state index in [-0.39, 0.29) is 41.2 Å². The number of anilines is 2. The third-order valence-electron chi connectivity index (χ3n) is 5.45. The van der Waals surface area contributed by atoms with Crippen LogP contribution < -0.4 is 20.7 Å². The molecule has 11 heteroatoms. The number of hydrogen-bond donors (Lipinski definition) is 3. The molecule has 37 heavy (non-hydrogen) atoms. The number of urea groups is 2. The smallest absolute Gasteiger partial charge is 0.325 e. The van der Waals surface area contributed by atoms with E-state index in [1.54, 1.807) is 24.3 Å². The molecule has 0 radical (unpaired) electrons. The van der Waals surface area contributed by atoms with Crippen molar-refractivity contribution in [3.63, 3.8) is 0 Å². The molecule has 0 aliphatic carbocycles. The second kappa shape index (κ2) is 11.8. The van der Waals surface area contributed by atoms with Gasteiger partial charge in [-0.3, -0.25) is 20.2 Å². The Morgan fingerprint density at radius 2 is 1.73 bits per heavy atom. The zero-order valence-corrected chi connectivity index (χ0v) is 19.7. The van der Waals surface area contributed by atoms with E-state index >= 15 is 0 Å². The van der Waals surface area contributed by atoms with Gasteiger partial charge in [-0.1, -0.05) is 30.3 Å². The van der Waals surface area contributed by atoms with Gasteiger partial charge in [0.05, 0.1) is 6.42 Å². The van der Waals surface area contributed by atoms with Crippen LogP contribution in [-0.2, 0) is 16.0 Å². The van der Waals surface area contributed by atoms with E-state index < -0.39 is 17.8 Å². The zero-order chi connectivity index (χ0) is 26.2. The highest BCUT2D eigenvalue weighted by molar-refractivity contribution is 6.01. The molecular formula is C26H24FN5O5. The zero-order valence-electron chi connectivity index (χ0n) is 19.7. The summed E-state index contributed by atoms with van der Waals surface area (Å²) in [6.45, 7) is 0.678. The third kappa shape index (κ3) is 7.34. The van der Waals surface area contributed by atoms with Gasteiger partial charge in [-0.25, -0.2) is 19.0 Å². The minimum Gasteiger partial charge on any atom is -0.454 e. The van der Waals surface area contributed by atoms with Crippen molar-refractivity contribution in [1.82, 2.24) is 15.2 Å². The number of ketones is 1. The minimum atomic E-state index is -0.790. The number of nitrogens with one attached hydrogen (secondary N) is 3. The Labute approximate surface area is 211 Å². The van der Waals surface area contributed by atoms with Crippen LogP contribution >= 0.6 is 0 Å². The molecule has 0 saturated carbocycles. The second-order valence-electron chi connectivity index (χ2n) is 8.24. The van der Waals surface area contributed by atoms with Crippen molar-refractivity contribution >= 4 is 35.3 Å². The van der Waals surface area contributed by atoms with Gasteiger partial charge in [0.25, 0.3) is 0 Å². The first kappa shape index (κ1) is 25.3. The van der Waals surface area contributed by atoms with Gasteiger partial charge in [-0.05, 0) is 23.8 Å². The summed E-state index contributed by atoms with van der Waals surface area (Å²) < 4.78 is 20.2. The summed E-state index contributed by atoms with van der Waals surface area (Å²) >= 11 is 0. The largest absolute Gasteiger partial charge is 0.454 e. The number of rotatable bonds is 6. The molecule has 0 atom stereocenters. The van der Waals surface area contributed by atoms with Crippen molar-refractivity contribution in [2.24, 2.45) is 0 Å². The maximum Gasteiger partial charge on any atom is 0.325 e. The number of halogens is 1. The standard InChI is InChI=1S/C26H24FN5O5/c27-21-15-18(29-25(35)31-24(34)14-17-4-2-1-3-5-17)6-7-22(21)37-20-8-11-28-23(16-20)30-26(36)32-12-9-19(33)10-13-32/h1-8,11,15-16H,9-10,12-14H2,(H,28,30,36)(H2,29,31,34,35). The first-order valence-corrected chi connectivity index (χ1v) is 11.5. The summed E-state index contributed by atoms with van der Waals surface area (Å²) in [6, 6.07) is 14.5. The lowest BCUT2D eigenvalue weighted by Crippen LogP contribution is -2.41. The molecule has 190 valence electrons. The Hall–Kier alpha value is -4.80. The molecule has 4 rings (SSSR count). The number of likely N-dealkylation sites (tertiary alicyclic amines) is 1. The lowest BCUT2D eigenvalue weighted by atomic mass is 10.1. The highest BCUT2D eigenvalue weighted by Crippen LogP contribution is 2.27. The van der Waals surface area contributed by atoms with Crippen LogP contribution in [0.2, 0.25) is 0 Å². The van der Waals surface area contributed by atoms with Crippen molar-refractivity contribution in [1.29, 1.82) is 0 Å². The molecule has 1 fully saturated rings. The summed E-state index contributed by atoms with van der Waals surface area (Å²) in [5, 5.41) is 7.24. The Balaban J connectivity index is 1.31. The fourth-order valence-corrected chi connectivity index (χ4v) is 3.59. The number of pyridine rings is 1. The molecule has 3 aromatic rings. The molecule has 2 aromatic carbocycles. The van der Waals surface area contributed by atoms with E-state index in [1.165, 1.54) is 35.4 Å². The molecule has 5 amide bonds. The Bertz CT molecular complexity index is 1310. The number of hydrogen-bond acceptors (Lipinski definition) is 6. The SMILES string of the molecule is O=C1CCN(C(=O)Nc2cc(Oc3ccc(NC(=O)NC(=O)Cc4ccccc4)cc3F)ccn2)CC1. The first-order chi connectivity index (χ1) is 17.9. The first-order valence-electron chi connectivity index (χ1n) is 11.5. The summed E-state index contributed by atoms with van der Waals surface area (Å²) in [5.41, 5.74) is 0.875. The third-order valence-corrected chi connectivity index (χ3v) is 5.45. The molecule has 1 aromatic heterocycles. The molecule has 1 saturated heterocycles. The van der Waals surface area contributed by atoms with E-state index in [0.717, 1.165) is 11.6 Å². The van der Waals surface area contributed by atoms with Crippen molar-refractivity contribution in [2.75, 3.05) is 23.7 Å². The minimum absolute atomic E-state index is 0.0292. The summed E-state index contributed by atoms with van der Waals surface area (Å²) in [6.07, 6.45) is 2.07. The summed E-state index contributed by atoms with van der Waals surface area (Å²) in [5.74, 6) is -0.827. The van der Waals surface area contributed by atoms with Crippen LogP contribution in [0.5, 0.6) is 11.5 Å². The maximum absolute atomic E-state index is 14.6. The number of imide groups is 1. The van der Waals surface area contributed by atoms with Crippen molar-refractivity contribution in [3.8, 4) is 11.5 Å². The van der Waals surface area contributed by atoms with Gasteiger partial charge in [-0.2, -0.15) is 0 Å². The average molecular weight is 506 g/mol. The molecular weight excluding hydrogens is 481 g/mol. The van der Waals surface area contributed by atoms with E-state index in [4.69, 9.17) is 4.74 Å². The number of piperidine rings is 1. The van der Waals surface area contributed by atoms with Crippen molar-refractivity contribution in [3.05, 3.63) is 78.2 Å². The molecule has 0 spiro atoms. The van der Waals surface area contributed by atoms with Gasteiger partial charge in [0.2, 0.25) is 5.91 Å². The number of nitrogens with zero attached hydrogens (tertiary/aromatic N) is 2. The van der Waals surface area contributed by atoms with Crippen LogP contribution in [0.1, 0.15) is 18.4 Å². The van der Waals surface area contributed by atoms with Gasteiger partial charge < -0.3 is 15.0 Å². The van der Waals surface area contributed by atoms with Gasteiger partial charge in [0, 0.05) is 49.9 Å². The monoisotopic (exact) mass is 505 g/mol. The van der Waals surface area contributed by atoms with E-state index in [0.29, 0.717) is 25.9 Å². The molecule has 10 nitrogen and oxygen atoms in total. The predicted octanol–water partition coefficient (Wildman–Crippen LogP) is 4.10. The van der Waals surface area contributed by atoms with E-state index in [9.17, 15) is 23.6 Å². The quantitative estimate of drug-likeness (QED) is 0.463. The Morgan fingerprint density at radius 1 is 0.973 bits per heavy atom. The number of carbonyl (C=O) groups is 4. The Kier molecular flexibility index (Phi) is 8.04. The summed E-state index contributed by atoms with van der Waals surface area (Å²) in [7, 11) is 0. The van der Waals surface area contributed by atoms with Crippen LogP contribution in [0.25, 0.3) is 0 Å². The molecule has 2 heterocycles. The average Bonchev–Trinajstić information content (AvgIpc) is 2.87.